The highest BCUT2D eigenvalue weighted by Crippen LogP contribution is 2.26. The summed E-state index contributed by atoms with van der Waals surface area (Å²) in [6.07, 6.45) is 3.69. The van der Waals surface area contributed by atoms with E-state index < -0.39 is 0 Å². The zero-order chi connectivity index (χ0) is 12.7. The lowest BCUT2D eigenvalue weighted by molar-refractivity contribution is 0.375. The smallest absolute Gasteiger partial charge is 0.0409 e. The van der Waals surface area contributed by atoms with Crippen molar-refractivity contribution in [3.8, 4) is 0 Å². The van der Waals surface area contributed by atoms with Gasteiger partial charge in [0.2, 0.25) is 0 Å². The Labute approximate surface area is 111 Å². The third-order valence-corrected chi connectivity index (χ3v) is 3.66. The van der Waals surface area contributed by atoms with E-state index >= 15 is 0 Å². The molecule has 0 aliphatic heterocycles. The van der Waals surface area contributed by atoms with Crippen LogP contribution >= 0.6 is 11.6 Å². The van der Waals surface area contributed by atoms with Crippen LogP contribution in [0.3, 0.4) is 0 Å². The Morgan fingerprint density at radius 1 is 1.18 bits per heavy atom. The van der Waals surface area contributed by atoms with Gasteiger partial charge in [0.25, 0.3) is 0 Å². The summed E-state index contributed by atoms with van der Waals surface area (Å²) in [6.45, 7) is 7.70. The minimum absolute atomic E-state index is 0.434. The summed E-state index contributed by atoms with van der Waals surface area (Å²) in [7, 11) is 0. The molecule has 0 fully saturated rings. The Hall–Kier alpha value is -0.530. The minimum Gasteiger partial charge on any atom is -0.310 e. The number of hydrogen-bond donors (Lipinski definition) is 1. The van der Waals surface area contributed by atoms with Crippen molar-refractivity contribution < 1.29 is 0 Å². The van der Waals surface area contributed by atoms with Gasteiger partial charge in [-0.1, -0.05) is 57.3 Å². The zero-order valence-electron chi connectivity index (χ0n) is 11.2. The predicted octanol–water partition coefficient (Wildman–Crippen LogP) is 4.82. The lowest BCUT2D eigenvalue weighted by atomic mass is 9.91. The second kappa shape index (κ2) is 7.73. The summed E-state index contributed by atoms with van der Waals surface area (Å²) < 4.78 is 0. The molecule has 0 saturated heterocycles. The fourth-order valence-electron chi connectivity index (χ4n) is 2.26. The lowest BCUT2D eigenvalue weighted by Gasteiger charge is -2.23. The fourth-order valence-corrected chi connectivity index (χ4v) is 2.46. The molecule has 0 heterocycles. The molecule has 1 unspecified atom stereocenters. The van der Waals surface area contributed by atoms with Gasteiger partial charge in [0.05, 0.1) is 0 Å². The van der Waals surface area contributed by atoms with E-state index in [9.17, 15) is 0 Å². The second-order valence-corrected chi connectivity index (χ2v) is 5.02. The minimum atomic E-state index is 0.434. The van der Waals surface area contributed by atoms with Crippen LogP contribution in [0.25, 0.3) is 0 Å². The summed E-state index contributed by atoms with van der Waals surface area (Å²) >= 11 is 6.07. The molecule has 1 aromatic rings. The maximum absolute atomic E-state index is 6.07. The van der Waals surface area contributed by atoms with Gasteiger partial charge in [0.15, 0.2) is 0 Å². The average molecular weight is 254 g/mol. The van der Waals surface area contributed by atoms with Crippen molar-refractivity contribution in [3.05, 3.63) is 34.9 Å². The van der Waals surface area contributed by atoms with Crippen molar-refractivity contribution in [2.24, 2.45) is 5.92 Å². The number of halogens is 1. The van der Waals surface area contributed by atoms with E-state index in [1.165, 1.54) is 24.8 Å². The van der Waals surface area contributed by atoms with E-state index in [0.717, 1.165) is 17.5 Å². The van der Waals surface area contributed by atoms with Crippen LogP contribution in [-0.4, -0.2) is 6.54 Å². The summed E-state index contributed by atoms with van der Waals surface area (Å²) in [5.41, 5.74) is 1.31. The highest BCUT2D eigenvalue weighted by Gasteiger charge is 2.15. The van der Waals surface area contributed by atoms with Crippen molar-refractivity contribution in [2.45, 2.75) is 46.1 Å². The number of nitrogens with one attached hydrogen (secondary N) is 1. The van der Waals surface area contributed by atoms with Crippen LogP contribution in [0.15, 0.2) is 24.3 Å². The van der Waals surface area contributed by atoms with Gasteiger partial charge in [-0.15, -0.1) is 0 Å². The van der Waals surface area contributed by atoms with Gasteiger partial charge in [-0.05, 0) is 36.6 Å². The molecule has 1 aromatic carbocycles. The SMILES string of the molecule is CCNC(CC(CC)CC)c1cccc(Cl)c1. The molecular weight excluding hydrogens is 230 g/mol. The maximum atomic E-state index is 6.07. The van der Waals surface area contributed by atoms with E-state index in [0.29, 0.717) is 6.04 Å². The van der Waals surface area contributed by atoms with Crippen LogP contribution in [0.1, 0.15) is 51.6 Å². The van der Waals surface area contributed by atoms with Crippen molar-refractivity contribution in [2.75, 3.05) is 6.54 Å². The van der Waals surface area contributed by atoms with Gasteiger partial charge in [0.1, 0.15) is 0 Å². The van der Waals surface area contributed by atoms with E-state index in [-0.39, 0.29) is 0 Å². The molecule has 0 aliphatic carbocycles. The fraction of sp³-hybridized carbons (Fsp3) is 0.600. The van der Waals surface area contributed by atoms with E-state index in [1.54, 1.807) is 0 Å². The number of hydrogen-bond acceptors (Lipinski definition) is 1. The molecule has 0 radical (unpaired) electrons. The Morgan fingerprint density at radius 3 is 2.41 bits per heavy atom. The largest absolute Gasteiger partial charge is 0.310 e. The van der Waals surface area contributed by atoms with Crippen LogP contribution in [0.2, 0.25) is 5.02 Å². The standard InChI is InChI=1S/C15H24ClN/c1-4-12(5-2)10-15(17-6-3)13-8-7-9-14(16)11-13/h7-9,11-12,15,17H,4-6,10H2,1-3H3. The van der Waals surface area contributed by atoms with Crippen LogP contribution in [0, 0.1) is 5.92 Å². The summed E-state index contributed by atoms with van der Waals surface area (Å²) in [4.78, 5) is 0. The monoisotopic (exact) mass is 253 g/mol. The molecule has 0 aromatic heterocycles. The van der Waals surface area contributed by atoms with Crippen LogP contribution < -0.4 is 5.32 Å². The van der Waals surface area contributed by atoms with Crippen molar-refractivity contribution in [1.82, 2.24) is 5.32 Å². The molecular formula is C15H24ClN. The van der Waals surface area contributed by atoms with Gasteiger partial charge in [-0.3, -0.25) is 0 Å². The summed E-state index contributed by atoms with van der Waals surface area (Å²) in [6, 6.07) is 8.66. The van der Waals surface area contributed by atoms with E-state index in [1.807, 2.05) is 12.1 Å². The third kappa shape index (κ3) is 4.69. The Kier molecular flexibility index (Phi) is 6.61. The van der Waals surface area contributed by atoms with Gasteiger partial charge in [-0.25, -0.2) is 0 Å². The molecule has 0 aliphatic rings. The lowest BCUT2D eigenvalue weighted by Crippen LogP contribution is -2.23. The Morgan fingerprint density at radius 2 is 1.88 bits per heavy atom. The highest BCUT2D eigenvalue weighted by molar-refractivity contribution is 6.30. The first kappa shape index (κ1) is 14.5. The molecule has 2 heteroatoms. The Bertz CT molecular complexity index is 320. The summed E-state index contributed by atoms with van der Waals surface area (Å²) in [5.74, 6) is 0.790. The van der Waals surface area contributed by atoms with Crippen molar-refractivity contribution in [1.29, 1.82) is 0 Å². The van der Waals surface area contributed by atoms with Gasteiger partial charge >= 0.3 is 0 Å². The molecule has 1 nitrogen and oxygen atoms in total. The average Bonchev–Trinajstić information content (AvgIpc) is 2.34. The van der Waals surface area contributed by atoms with E-state index in [4.69, 9.17) is 11.6 Å². The van der Waals surface area contributed by atoms with Crippen molar-refractivity contribution in [3.63, 3.8) is 0 Å². The van der Waals surface area contributed by atoms with Crippen LogP contribution in [-0.2, 0) is 0 Å². The quantitative estimate of drug-likeness (QED) is 0.735. The van der Waals surface area contributed by atoms with Crippen LogP contribution in [0.5, 0.6) is 0 Å². The van der Waals surface area contributed by atoms with Gasteiger partial charge in [-0.2, -0.15) is 0 Å². The van der Waals surface area contributed by atoms with Gasteiger partial charge < -0.3 is 5.32 Å². The molecule has 0 spiro atoms. The summed E-state index contributed by atoms with van der Waals surface area (Å²) in [5, 5.41) is 4.40. The third-order valence-electron chi connectivity index (χ3n) is 3.43. The molecule has 0 amide bonds. The van der Waals surface area contributed by atoms with Gasteiger partial charge in [0, 0.05) is 11.1 Å². The zero-order valence-corrected chi connectivity index (χ0v) is 11.9. The van der Waals surface area contributed by atoms with Crippen molar-refractivity contribution >= 4 is 11.6 Å². The molecule has 0 bridgehead atoms. The first-order valence-electron chi connectivity index (χ1n) is 6.70. The Balaban J connectivity index is 2.77. The molecule has 1 rings (SSSR count). The number of rotatable bonds is 7. The number of benzene rings is 1. The normalized spacial score (nSPS) is 13.0. The molecule has 17 heavy (non-hydrogen) atoms. The predicted molar refractivity (Wildman–Crippen MR) is 76.6 cm³/mol. The highest BCUT2D eigenvalue weighted by atomic mass is 35.5. The molecule has 0 saturated carbocycles. The maximum Gasteiger partial charge on any atom is 0.0409 e. The van der Waals surface area contributed by atoms with E-state index in [2.05, 4.69) is 38.2 Å². The topological polar surface area (TPSA) is 12.0 Å². The first-order valence-corrected chi connectivity index (χ1v) is 7.07. The van der Waals surface area contributed by atoms with Crippen LogP contribution in [0.4, 0.5) is 0 Å². The first-order chi connectivity index (χ1) is 8.21. The molecule has 1 atom stereocenters. The molecule has 96 valence electrons. The molecule has 1 N–H and O–H groups in total. The second-order valence-electron chi connectivity index (χ2n) is 4.58.